The van der Waals surface area contributed by atoms with Gasteiger partial charge in [-0.15, -0.1) is 0 Å². The first-order chi connectivity index (χ1) is 15.8. The molecule has 3 aromatic carbocycles. The highest BCUT2D eigenvalue weighted by Gasteiger charge is 2.20. The van der Waals surface area contributed by atoms with Gasteiger partial charge in [0, 0.05) is 32.7 Å². The predicted molar refractivity (Wildman–Crippen MR) is 131 cm³/mol. The molecule has 0 bridgehead atoms. The monoisotopic (exact) mass is 428 g/mol. The fourth-order valence-electron chi connectivity index (χ4n) is 3.86. The van der Waals surface area contributed by atoms with Crippen molar-refractivity contribution in [3.05, 3.63) is 102 Å². The van der Waals surface area contributed by atoms with E-state index in [9.17, 15) is 0 Å². The van der Waals surface area contributed by atoms with E-state index in [0.29, 0.717) is 6.61 Å². The molecule has 32 heavy (non-hydrogen) atoms. The van der Waals surface area contributed by atoms with Crippen LogP contribution in [0.15, 0.2) is 91.0 Å². The number of rotatable bonds is 9. The number of hydrogen-bond donors (Lipinski definition) is 0. The van der Waals surface area contributed by atoms with Crippen LogP contribution in [0.25, 0.3) is 6.08 Å². The van der Waals surface area contributed by atoms with Crippen LogP contribution < -0.4 is 4.74 Å². The molecule has 0 aromatic heterocycles. The molecule has 4 heteroatoms. The van der Waals surface area contributed by atoms with Crippen molar-refractivity contribution in [2.75, 3.05) is 32.7 Å². The van der Waals surface area contributed by atoms with Gasteiger partial charge in [-0.2, -0.15) is 0 Å². The summed E-state index contributed by atoms with van der Waals surface area (Å²) in [6, 6.07) is 28.5. The zero-order valence-corrected chi connectivity index (χ0v) is 18.8. The second-order valence-corrected chi connectivity index (χ2v) is 8.12. The molecular weight excluding hydrogens is 396 g/mol. The van der Waals surface area contributed by atoms with Gasteiger partial charge in [-0.3, -0.25) is 9.80 Å². The Morgan fingerprint density at radius 1 is 0.812 bits per heavy atom. The van der Waals surface area contributed by atoms with Gasteiger partial charge in [0.15, 0.2) is 0 Å². The molecule has 1 heterocycles. The first-order valence-electron chi connectivity index (χ1n) is 11.4. The predicted octanol–water partition coefficient (Wildman–Crippen LogP) is 5.67. The maximum absolute atomic E-state index is 6.18. The van der Waals surface area contributed by atoms with Crippen LogP contribution in [0.4, 0.5) is 0 Å². The first-order valence-corrected chi connectivity index (χ1v) is 11.4. The Kier molecular flexibility index (Phi) is 8.10. The fourth-order valence-corrected chi connectivity index (χ4v) is 3.86. The van der Waals surface area contributed by atoms with Gasteiger partial charge in [-0.1, -0.05) is 72.8 Å². The van der Waals surface area contributed by atoms with Crippen molar-refractivity contribution in [2.45, 2.75) is 19.8 Å². The van der Waals surface area contributed by atoms with Gasteiger partial charge in [0.25, 0.3) is 0 Å². The van der Waals surface area contributed by atoms with Crippen LogP contribution in [0.2, 0.25) is 0 Å². The maximum Gasteiger partial charge on any atom is 0.127 e. The Hall–Kier alpha value is -2.92. The maximum atomic E-state index is 6.18. The summed E-state index contributed by atoms with van der Waals surface area (Å²) in [7, 11) is 0. The lowest BCUT2D eigenvalue weighted by Gasteiger charge is -2.37. The third-order valence-corrected chi connectivity index (χ3v) is 5.76. The molecule has 1 atom stereocenters. The van der Waals surface area contributed by atoms with E-state index in [1.165, 1.54) is 5.56 Å². The Labute approximate surface area is 191 Å². The van der Waals surface area contributed by atoms with Crippen molar-refractivity contribution in [1.82, 2.24) is 9.80 Å². The minimum absolute atomic E-state index is 0.0932. The molecule has 4 rings (SSSR count). The molecule has 0 spiro atoms. The lowest BCUT2D eigenvalue weighted by atomic mass is 10.2. The highest BCUT2D eigenvalue weighted by atomic mass is 16.5. The lowest BCUT2D eigenvalue weighted by molar-refractivity contribution is -0.0720. The van der Waals surface area contributed by atoms with Gasteiger partial charge in [0.05, 0.1) is 6.61 Å². The number of benzene rings is 3. The van der Waals surface area contributed by atoms with E-state index < -0.39 is 0 Å². The standard InChI is InChI=1S/C28H32N2O2/c1-24(30-20-18-29(19-21-30)17-9-13-25-10-4-2-5-11-25)31-23-26-12-8-16-28(22-26)32-27-14-6-3-7-15-27/h2-16,22,24H,17-21,23H2,1H3/b13-9-. The van der Waals surface area contributed by atoms with Gasteiger partial charge in [-0.05, 0) is 42.3 Å². The molecule has 0 aliphatic carbocycles. The zero-order chi connectivity index (χ0) is 22.0. The summed E-state index contributed by atoms with van der Waals surface area (Å²) in [5.41, 5.74) is 2.38. The highest BCUT2D eigenvalue weighted by molar-refractivity contribution is 5.48. The van der Waals surface area contributed by atoms with Gasteiger partial charge < -0.3 is 9.47 Å². The summed E-state index contributed by atoms with van der Waals surface area (Å²) >= 11 is 0. The van der Waals surface area contributed by atoms with Crippen molar-refractivity contribution >= 4 is 6.08 Å². The Morgan fingerprint density at radius 3 is 2.25 bits per heavy atom. The summed E-state index contributed by atoms with van der Waals surface area (Å²) in [5, 5.41) is 0. The van der Waals surface area contributed by atoms with E-state index in [1.807, 2.05) is 42.5 Å². The summed E-state index contributed by atoms with van der Waals surface area (Å²) < 4.78 is 12.1. The lowest BCUT2D eigenvalue weighted by Crippen LogP contribution is -2.50. The number of piperazine rings is 1. The molecule has 166 valence electrons. The molecular formula is C28H32N2O2. The molecule has 3 aromatic rings. The minimum Gasteiger partial charge on any atom is -0.457 e. The van der Waals surface area contributed by atoms with Crippen LogP contribution in [-0.2, 0) is 11.3 Å². The molecule has 1 saturated heterocycles. The zero-order valence-electron chi connectivity index (χ0n) is 18.8. The SMILES string of the molecule is CC(OCc1cccc(Oc2ccccc2)c1)N1CCN(C/C=C\c2ccccc2)CC1. The van der Waals surface area contributed by atoms with E-state index in [4.69, 9.17) is 9.47 Å². The van der Waals surface area contributed by atoms with E-state index in [1.54, 1.807) is 0 Å². The van der Waals surface area contributed by atoms with Gasteiger partial charge in [0.1, 0.15) is 17.7 Å². The van der Waals surface area contributed by atoms with Crippen LogP contribution in [0.3, 0.4) is 0 Å². The van der Waals surface area contributed by atoms with Gasteiger partial charge >= 0.3 is 0 Å². The number of hydrogen-bond acceptors (Lipinski definition) is 4. The topological polar surface area (TPSA) is 24.9 Å². The average molecular weight is 429 g/mol. The molecule has 1 aliphatic heterocycles. The van der Waals surface area contributed by atoms with Crippen molar-refractivity contribution in [1.29, 1.82) is 0 Å². The van der Waals surface area contributed by atoms with E-state index in [0.717, 1.165) is 49.8 Å². The van der Waals surface area contributed by atoms with E-state index >= 15 is 0 Å². The molecule has 1 unspecified atom stereocenters. The number of nitrogens with zero attached hydrogens (tertiary/aromatic N) is 2. The third kappa shape index (κ3) is 6.79. The summed E-state index contributed by atoms with van der Waals surface area (Å²) in [4.78, 5) is 4.91. The van der Waals surface area contributed by atoms with E-state index in [2.05, 4.69) is 71.3 Å². The number of para-hydroxylation sites is 1. The van der Waals surface area contributed by atoms with Crippen LogP contribution in [-0.4, -0.2) is 48.8 Å². The summed E-state index contributed by atoms with van der Waals surface area (Å²) in [6.07, 6.45) is 4.55. The minimum atomic E-state index is 0.0932. The van der Waals surface area contributed by atoms with Crippen LogP contribution in [0.1, 0.15) is 18.1 Å². The molecule has 0 N–H and O–H groups in total. The Morgan fingerprint density at radius 2 is 1.50 bits per heavy atom. The molecule has 4 nitrogen and oxygen atoms in total. The Balaban J connectivity index is 1.19. The molecule has 1 fully saturated rings. The Bertz CT molecular complexity index is 967. The highest BCUT2D eigenvalue weighted by Crippen LogP contribution is 2.22. The van der Waals surface area contributed by atoms with Crippen molar-refractivity contribution in [2.24, 2.45) is 0 Å². The summed E-state index contributed by atoms with van der Waals surface area (Å²) in [6.45, 7) is 7.89. The van der Waals surface area contributed by atoms with Crippen LogP contribution in [0.5, 0.6) is 11.5 Å². The smallest absolute Gasteiger partial charge is 0.127 e. The molecule has 0 saturated carbocycles. The second kappa shape index (κ2) is 11.6. The normalized spacial score (nSPS) is 16.3. The van der Waals surface area contributed by atoms with Gasteiger partial charge in [-0.25, -0.2) is 0 Å². The fraction of sp³-hybridized carbons (Fsp3) is 0.286. The van der Waals surface area contributed by atoms with Crippen molar-refractivity contribution in [3.63, 3.8) is 0 Å². The van der Waals surface area contributed by atoms with Crippen molar-refractivity contribution in [3.8, 4) is 11.5 Å². The molecule has 0 radical (unpaired) electrons. The summed E-state index contributed by atoms with van der Waals surface area (Å²) in [5.74, 6) is 1.68. The molecule has 1 aliphatic rings. The molecule has 0 amide bonds. The average Bonchev–Trinajstić information content (AvgIpc) is 2.84. The third-order valence-electron chi connectivity index (χ3n) is 5.76. The van der Waals surface area contributed by atoms with E-state index in [-0.39, 0.29) is 6.23 Å². The number of ether oxygens (including phenoxy) is 2. The van der Waals surface area contributed by atoms with Crippen molar-refractivity contribution < 1.29 is 9.47 Å². The first kappa shape index (κ1) is 22.3. The largest absolute Gasteiger partial charge is 0.457 e. The van der Waals surface area contributed by atoms with Crippen LogP contribution >= 0.6 is 0 Å². The second-order valence-electron chi connectivity index (χ2n) is 8.12. The van der Waals surface area contributed by atoms with Gasteiger partial charge in [0.2, 0.25) is 0 Å². The van der Waals surface area contributed by atoms with Crippen LogP contribution in [0, 0.1) is 0 Å². The quantitative estimate of drug-likeness (QED) is 0.438.